The summed E-state index contributed by atoms with van der Waals surface area (Å²) < 4.78 is 0. The highest BCUT2D eigenvalue weighted by Gasteiger charge is 1.95. The van der Waals surface area contributed by atoms with E-state index >= 15 is 0 Å². The average molecular weight is 151 g/mol. The summed E-state index contributed by atoms with van der Waals surface area (Å²) in [7, 11) is 0. The Hall–Kier alpha value is -0.850. The van der Waals surface area contributed by atoms with Gasteiger partial charge in [-0.3, -0.25) is 4.99 Å². The van der Waals surface area contributed by atoms with Gasteiger partial charge >= 0.3 is 0 Å². The van der Waals surface area contributed by atoms with Crippen LogP contribution in [0.3, 0.4) is 0 Å². The molecule has 0 saturated heterocycles. The van der Waals surface area contributed by atoms with E-state index in [1.165, 1.54) is 11.1 Å². The van der Waals surface area contributed by atoms with Gasteiger partial charge in [-0.15, -0.1) is 0 Å². The number of hydrogen-bond donors (Lipinski definition) is 0. The highest BCUT2D eigenvalue weighted by molar-refractivity contribution is 5.98. The van der Waals surface area contributed by atoms with Gasteiger partial charge in [-0.2, -0.15) is 0 Å². The molecule has 0 amide bonds. The lowest BCUT2D eigenvalue weighted by atomic mass is 10.1. The quantitative estimate of drug-likeness (QED) is 0.537. The Labute approximate surface area is 69.5 Å². The number of allylic oxidation sites excluding steroid dienone is 3. The van der Waals surface area contributed by atoms with Crippen molar-refractivity contribution in [3.8, 4) is 0 Å². The molecule has 0 aliphatic heterocycles. The Balaban J connectivity index is 4.63. The van der Waals surface area contributed by atoms with Gasteiger partial charge in [0.15, 0.2) is 0 Å². The van der Waals surface area contributed by atoms with Crippen molar-refractivity contribution in [2.24, 2.45) is 4.99 Å². The second-order valence-corrected chi connectivity index (χ2v) is 3.06. The monoisotopic (exact) mass is 151 g/mol. The maximum atomic E-state index is 4.26. The van der Waals surface area contributed by atoms with Crippen molar-refractivity contribution in [3.63, 3.8) is 0 Å². The maximum Gasteiger partial charge on any atom is 0.0404 e. The summed E-state index contributed by atoms with van der Waals surface area (Å²) in [4.78, 5) is 4.26. The second-order valence-electron chi connectivity index (χ2n) is 3.06. The lowest BCUT2D eigenvalue weighted by Gasteiger charge is -2.02. The van der Waals surface area contributed by atoms with Crippen molar-refractivity contribution in [2.75, 3.05) is 0 Å². The Morgan fingerprint density at radius 2 is 1.45 bits per heavy atom. The Kier molecular flexibility index (Phi) is 3.80. The lowest BCUT2D eigenvalue weighted by molar-refractivity contribution is 1.26. The zero-order valence-electron chi connectivity index (χ0n) is 8.15. The summed E-state index contributed by atoms with van der Waals surface area (Å²) in [5.74, 6) is 0. The first-order chi connectivity index (χ1) is 4.95. The summed E-state index contributed by atoms with van der Waals surface area (Å²) in [6, 6.07) is 0. The summed E-state index contributed by atoms with van der Waals surface area (Å²) >= 11 is 0. The minimum Gasteiger partial charge on any atom is -0.259 e. The Morgan fingerprint density at radius 3 is 1.73 bits per heavy atom. The number of aliphatic imine (C=N–C) groups is 1. The third kappa shape index (κ3) is 3.76. The SMILES string of the molecule is C=C(C)N=C(C)C(C)=C(C)C. The highest BCUT2D eigenvalue weighted by Crippen LogP contribution is 2.06. The zero-order valence-corrected chi connectivity index (χ0v) is 8.15. The van der Waals surface area contributed by atoms with Crippen LogP contribution in [0.4, 0.5) is 0 Å². The molecule has 0 spiro atoms. The normalized spacial score (nSPS) is 11.2. The van der Waals surface area contributed by atoms with Crippen molar-refractivity contribution in [3.05, 3.63) is 23.4 Å². The molecule has 0 aliphatic rings. The molecule has 0 aromatic heterocycles. The van der Waals surface area contributed by atoms with Gasteiger partial charge in [0.1, 0.15) is 0 Å². The van der Waals surface area contributed by atoms with Crippen LogP contribution >= 0.6 is 0 Å². The molecular formula is C10H17N. The molecule has 0 atom stereocenters. The van der Waals surface area contributed by atoms with Gasteiger partial charge in [-0.05, 0) is 40.2 Å². The van der Waals surface area contributed by atoms with Gasteiger partial charge in [0.2, 0.25) is 0 Å². The maximum absolute atomic E-state index is 4.26. The van der Waals surface area contributed by atoms with E-state index in [0.717, 1.165) is 11.4 Å². The van der Waals surface area contributed by atoms with E-state index in [0.29, 0.717) is 0 Å². The molecule has 0 heterocycles. The minimum absolute atomic E-state index is 0.864. The van der Waals surface area contributed by atoms with E-state index in [9.17, 15) is 0 Å². The van der Waals surface area contributed by atoms with Crippen LogP contribution in [0.15, 0.2) is 28.4 Å². The van der Waals surface area contributed by atoms with E-state index in [1.807, 2.05) is 13.8 Å². The van der Waals surface area contributed by atoms with Gasteiger partial charge in [-0.1, -0.05) is 12.2 Å². The molecule has 0 fully saturated rings. The molecule has 0 rings (SSSR count). The average Bonchev–Trinajstić information content (AvgIpc) is 1.84. The fourth-order valence-electron chi connectivity index (χ4n) is 0.732. The summed E-state index contributed by atoms with van der Waals surface area (Å²) in [6.07, 6.45) is 0. The van der Waals surface area contributed by atoms with Crippen molar-refractivity contribution in [1.82, 2.24) is 0 Å². The molecule has 11 heavy (non-hydrogen) atoms. The first-order valence-electron chi connectivity index (χ1n) is 3.80. The van der Waals surface area contributed by atoms with Crippen LogP contribution < -0.4 is 0 Å². The van der Waals surface area contributed by atoms with Crippen LogP contribution in [-0.2, 0) is 0 Å². The molecule has 0 aromatic carbocycles. The molecule has 1 heteroatoms. The Bertz CT molecular complexity index is 215. The van der Waals surface area contributed by atoms with Crippen LogP contribution in [0.5, 0.6) is 0 Å². The van der Waals surface area contributed by atoms with Crippen molar-refractivity contribution < 1.29 is 0 Å². The van der Waals surface area contributed by atoms with Gasteiger partial charge in [0, 0.05) is 11.4 Å². The van der Waals surface area contributed by atoms with E-state index in [4.69, 9.17) is 0 Å². The smallest absolute Gasteiger partial charge is 0.0404 e. The van der Waals surface area contributed by atoms with Gasteiger partial charge in [0.25, 0.3) is 0 Å². The first-order valence-corrected chi connectivity index (χ1v) is 3.80. The second kappa shape index (κ2) is 4.12. The standard InChI is InChI=1S/C10H17N/c1-7(2)9(5)10(6)11-8(3)4/h3H2,1-2,4-6H3. The third-order valence-electron chi connectivity index (χ3n) is 1.65. The van der Waals surface area contributed by atoms with Crippen LogP contribution in [0.1, 0.15) is 34.6 Å². The predicted molar refractivity (Wildman–Crippen MR) is 52.0 cm³/mol. The fourth-order valence-corrected chi connectivity index (χ4v) is 0.732. The van der Waals surface area contributed by atoms with Crippen molar-refractivity contribution >= 4 is 5.71 Å². The van der Waals surface area contributed by atoms with Crippen LogP contribution in [0.2, 0.25) is 0 Å². The minimum atomic E-state index is 0.864. The molecule has 0 radical (unpaired) electrons. The predicted octanol–water partition coefficient (Wildman–Crippen LogP) is 3.34. The molecule has 0 aliphatic carbocycles. The molecule has 62 valence electrons. The highest BCUT2D eigenvalue weighted by atomic mass is 14.7. The number of hydrogen-bond acceptors (Lipinski definition) is 1. The summed E-state index contributed by atoms with van der Waals surface area (Å²) in [5, 5.41) is 0. The topological polar surface area (TPSA) is 12.4 Å². The molecule has 0 unspecified atom stereocenters. The van der Waals surface area contributed by atoms with Crippen LogP contribution in [0, 0.1) is 0 Å². The molecule has 0 aromatic rings. The van der Waals surface area contributed by atoms with Gasteiger partial charge < -0.3 is 0 Å². The van der Waals surface area contributed by atoms with Gasteiger partial charge in [0.05, 0.1) is 0 Å². The molecule has 0 saturated carbocycles. The van der Waals surface area contributed by atoms with Crippen molar-refractivity contribution in [1.29, 1.82) is 0 Å². The van der Waals surface area contributed by atoms with Gasteiger partial charge in [-0.25, -0.2) is 0 Å². The Morgan fingerprint density at radius 1 is 1.00 bits per heavy atom. The van der Waals surface area contributed by atoms with E-state index in [2.05, 4.69) is 32.3 Å². The lowest BCUT2D eigenvalue weighted by Crippen LogP contribution is -1.95. The number of rotatable bonds is 2. The fraction of sp³-hybridized carbons (Fsp3) is 0.500. The van der Waals surface area contributed by atoms with E-state index < -0.39 is 0 Å². The van der Waals surface area contributed by atoms with Crippen LogP contribution in [0.25, 0.3) is 0 Å². The van der Waals surface area contributed by atoms with E-state index in [-0.39, 0.29) is 0 Å². The molecule has 0 bridgehead atoms. The third-order valence-corrected chi connectivity index (χ3v) is 1.65. The summed E-state index contributed by atoms with van der Waals surface area (Å²) in [5.41, 5.74) is 4.50. The molecule has 1 nitrogen and oxygen atoms in total. The molecule has 0 N–H and O–H groups in total. The zero-order chi connectivity index (χ0) is 9.02. The van der Waals surface area contributed by atoms with E-state index in [1.54, 1.807) is 0 Å². The molecular weight excluding hydrogens is 134 g/mol. The summed E-state index contributed by atoms with van der Waals surface area (Å²) in [6.45, 7) is 13.9. The van der Waals surface area contributed by atoms with Crippen molar-refractivity contribution in [2.45, 2.75) is 34.6 Å². The largest absolute Gasteiger partial charge is 0.259 e. The number of nitrogens with zero attached hydrogens (tertiary/aromatic N) is 1. The first kappa shape index (κ1) is 10.2. The van der Waals surface area contributed by atoms with Crippen LogP contribution in [-0.4, -0.2) is 5.71 Å².